The number of aromatic nitrogens is 1. The molecule has 0 saturated carbocycles. The first kappa shape index (κ1) is 24.2. The number of hydrogen-bond acceptors (Lipinski definition) is 7. The highest BCUT2D eigenvalue weighted by Crippen LogP contribution is 2.35. The highest BCUT2D eigenvalue weighted by Gasteiger charge is 2.20. The number of hydrogen-bond donors (Lipinski definition) is 3. The molecule has 180 valence electrons. The van der Waals surface area contributed by atoms with Gasteiger partial charge >= 0.3 is 0 Å². The van der Waals surface area contributed by atoms with Gasteiger partial charge in [-0.15, -0.1) is 0 Å². The number of nitrogens with one attached hydrogen (secondary N) is 1. The molecule has 0 aliphatic rings. The molecule has 1 aromatic heterocycles. The molecular weight excluding hydrogens is 468 g/mol. The zero-order chi connectivity index (χ0) is 24.8. The second-order valence-electron chi connectivity index (χ2n) is 7.82. The first-order valence-corrected chi connectivity index (χ1v) is 12.6. The molecule has 0 aliphatic heterocycles. The molecule has 3 N–H and O–H groups in total. The van der Waals surface area contributed by atoms with Crippen molar-refractivity contribution in [2.75, 3.05) is 12.3 Å². The summed E-state index contributed by atoms with van der Waals surface area (Å²) in [4.78, 5) is 12.3. The first-order valence-electron chi connectivity index (χ1n) is 10.9. The fourth-order valence-electron chi connectivity index (χ4n) is 3.69. The minimum atomic E-state index is -3.58. The lowest BCUT2D eigenvalue weighted by Crippen LogP contribution is -2.26. The van der Waals surface area contributed by atoms with Crippen LogP contribution < -0.4 is 5.32 Å². The summed E-state index contributed by atoms with van der Waals surface area (Å²) in [5, 5.41) is 26.2. The van der Waals surface area contributed by atoms with E-state index in [-0.39, 0.29) is 41.5 Å². The Morgan fingerprint density at radius 1 is 0.914 bits per heavy atom. The third kappa shape index (κ3) is 5.42. The topological polar surface area (TPSA) is 130 Å². The summed E-state index contributed by atoms with van der Waals surface area (Å²) in [5.74, 6) is -0.463. The second kappa shape index (κ2) is 10.5. The number of phenolic OH excluding ortho intramolecular Hbond substituents is 1. The summed E-state index contributed by atoms with van der Waals surface area (Å²) >= 11 is 0. The zero-order valence-corrected chi connectivity index (χ0v) is 19.5. The van der Waals surface area contributed by atoms with Crippen LogP contribution in [0.1, 0.15) is 22.5 Å². The van der Waals surface area contributed by atoms with Crippen LogP contribution in [0.5, 0.6) is 5.75 Å². The highest BCUT2D eigenvalue weighted by atomic mass is 32.2. The van der Waals surface area contributed by atoms with E-state index < -0.39 is 15.7 Å². The maximum absolute atomic E-state index is 12.8. The van der Waals surface area contributed by atoms with Gasteiger partial charge in [0.15, 0.2) is 15.6 Å². The van der Waals surface area contributed by atoms with Gasteiger partial charge in [-0.05, 0) is 36.2 Å². The number of sulfone groups is 1. The van der Waals surface area contributed by atoms with Crippen LogP contribution in [0, 0.1) is 0 Å². The third-order valence-corrected chi connectivity index (χ3v) is 7.30. The highest BCUT2D eigenvalue weighted by molar-refractivity contribution is 7.91. The number of carbonyl (C=O) groups excluding carboxylic acids is 1. The lowest BCUT2D eigenvalue weighted by molar-refractivity contribution is 0.0951. The summed E-state index contributed by atoms with van der Waals surface area (Å²) < 4.78 is 30.9. The summed E-state index contributed by atoms with van der Waals surface area (Å²) in [7, 11) is -3.58. The van der Waals surface area contributed by atoms with E-state index in [0.29, 0.717) is 22.6 Å². The summed E-state index contributed by atoms with van der Waals surface area (Å²) in [6.45, 7) is -0.201. The molecule has 0 spiro atoms. The number of amides is 1. The normalized spacial score (nSPS) is 11.3. The van der Waals surface area contributed by atoms with Crippen molar-refractivity contribution >= 4 is 15.7 Å². The van der Waals surface area contributed by atoms with Gasteiger partial charge in [0.1, 0.15) is 18.1 Å². The van der Waals surface area contributed by atoms with Gasteiger partial charge in [0, 0.05) is 12.1 Å². The smallest absolute Gasteiger partial charge is 0.255 e. The zero-order valence-electron chi connectivity index (χ0n) is 18.7. The second-order valence-corrected chi connectivity index (χ2v) is 9.93. The number of rotatable bonds is 9. The SMILES string of the molecule is O=C(NCCCS(=O)(=O)c1ccc(-c2c(-c3ccccc3)noc2CO)cc1)c1ccccc1O. The van der Waals surface area contributed by atoms with Crippen molar-refractivity contribution in [1.29, 1.82) is 0 Å². The fraction of sp³-hybridized carbons (Fsp3) is 0.154. The van der Waals surface area contributed by atoms with E-state index in [9.17, 15) is 23.4 Å². The molecule has 3 aromatic carbocycles. The Hall–Kier alpha value is -3.95. The van der Waals surface area contributed by atoms with E-state index in [4.69, 9.17) is 4.52 Å². The van der Waals surface area contributed by atoms with Crippen LogP contribution in [-0.4, -0.2) is 42.0 Å². The van der Waals surface area contributed by atoms with Crippen molar-refractivity contribution in [3.05, 3.63) is 90.2 Å². The average molecular weight is 493 g/mol. The number of phenols is 1. The fourth-order valence-corrected chi connectivity index (χ4v) is 5.01. The van der Waals surface area contributed by atoms with Crippen LogP contribution >= 0.6 is 0 Å². The van der Waals surface area contributed by atoms with Crippen LogP contribution in [-0.2, 0) is 16.4 Å². The molecule has 0 aliphatic carbocycles. The van der Waals surface area contributed by atoms with Gasteiger partial charge in [0.25, 0.3) is 5.91 Å². The third-order valence-electron chi connectivity index (χ3n) is 5.48. The predicted molar refractivity (Wildman–Crippen MR) is 130 cm³/mol. The molecule has 35 heavy (non-hydrogen) atoms. The molecule has 0 atom stereocenters. The number of aliphatic hydroxyl groups is 1. The molecule has 8 nitrogen and oxygen atoms in total. The van der Waals surface area contributed by atoms with E-state index in [1.165, 1.54) is 24.3 Å². The van der Waals surface area contributed by atoms with Crippen LogP contribution in [0.3, 0.4) is 0 Å². The van der Waals surface area contributed by atoms with Crippen LogP contribution in [0.25, 0.3) is 22.4 Å². The van der Waals surface area contributed by atoms with Gasteiger partial charge in [0.05, 0.1) is 21.8 Å². The number of para-hydroxylation sites is 1. The maximum atomic E-state index is 12.8. The van der Waals surface area contributed by atoms with Crippen molar-refractivity contribution in [2.24, 2.45) is 0 Å². The molecule has 0 unspecified atom stereocenters. The number of nitrogens with zero attached hydrogens (tertiary/aromatic N) is 1. The number of benzene rings is 3. The Labute approximate surface area is 202 Å². The first-order chi connectivity index (χ1) is 16.9. The van der Waals surface area contributed by atoms with Crippen molar-refractivity contribution in [3.63, 3.8) is 0 Å². The molecular formula is C26H24N2O6S. The van der Waals surface area contributed by atoms with E-state index in [1.807, 2.05) is 30.3 Å². The van der Waals surface area contributed by atoms with E-state index in [1.54, 1.807) is 24.3 Å². The Morgan fingerprint density at radius 3 is 2.29 bits per heavy atom. The Bertz CT molecular complexity index is 1410. The predicted octanol–water partition coefficient (Wildman–Crippen LogP) is 3.80. The molecule has 0 fully saturated rings. The minimum absolute atomic E-state index is 0.134. The van der Waals surface area contributed by atoms with Gasteiger partial charge in [-0.2, -0.15) is 0 Å². The van der Waals surface area contributed by atoms with Crippen LogP contribution in [0.4, 0.5) is 0 Å². The van der Waals surface area contributed by atoms with E-state index in [0.717, 1.165) is 5.56 Å². The van der Waals surface area contributed by atoms with Crippen LogP contribution in [0.2, 0.25) is 0 Å². The molecule has 0 radical (unpaired) electrons. The summed E-state index contributed by atoms with van der Waals surface area (Å²) in [5.41, 5.74) is 2.79. The van der Waals surface area contributed by atoms with Gasteiger partial charge in [0.2, 0.25) is 0 Å². The van der Waals surface area contributed by atoms with Crippen molar-refractivity contribution in [2.45, 2.75) is 17.9 Å². The minimum Gasteiger partial charge on any atom is -0.507 e. The number of carbonyl (C=O) groups is 1. The quantitative estimate of drug-likeness (QED) is 0.303. The molecule has 1 heterocycles. The Morgan fingerprint density at radius 2 is 1.60 bits per heavy atom. The van der Waals surface area contributed by atoms with Crippen molar-refractivity contribution < 1.29 is 27.9 Å². The van der Waals surface area contributed by atoms with Gasteiger partial charge < -0.3 is 20.1 Å². The van der Waals surface area contributed by atoms with Crippen molar-refractivity contribution in [3.8, 4) is 28.1 Å². The lowest BCUT2D eigenvalue weighted by Gasteiger charge is -2.09. The lowest BCUT2D eigenvalue weighted by atomic mass is 9.99. The van der Waals surface area contributed by atoms with Crippen LogP contribution in [0.15, 0.2) is 88.3 Å². The number of aliphatic hydroxyl groups excluding tert-OH is 1. The van der Waals surface area contributed by atoms with Gasteiger partial charge in [-0.25, -0.2) is 8.42 Å². The van der Waals surface area contributed by atoms with Gasteiger partial charge in [-0.1, -0.05) is 59.8 Å². The summed E-state index contributed by atoms with van der Waals surface area (Å²) in [6.07, 6.45) is 0.210. The summed E-state index contributed by atoms with van der Waals surface area (Å²) in [6, 6.07) is 21.8. The molecule has 0 saturated heterocycles. The molecule has 0 bridgehead atoms. The Kier molecular flexibility index (Phi) is 7.28. The monoisotopic (exact) mass is 492 g/mol. The molecule has 4 rings (SSSR count). The van der Waals surface area contributed by atoms with Crippen molar-refractivity contribution in [1.82, 2.24) is 10.5 Å². The molecule has 4 aromatic rings. The number of aromatic hydroxyl groups is 1. The maximum Gasteiger partial charge on any atom is 0.255 e. The standard InChI is InChI=1S/C26H24N2O6S/c29-17-23-24(25(28-34-23)19-7-2-1-3-8-19)18-11-13-20(14-12-18)35(32,33)16-6-15-27-26(31)21-9-4-5-10-22(21)30/h1-5,7-14,29-30H,6,15-17H2,(H,27,31). The molecule has 9 heteroatoms. The average Bonchev–Trinajstić information content (AvgIpc) is 3.32. The van der Waals surface area contributed by atoms with E-state index >= 15 is 0 Å². The molecule has 1 amide bonds. The van der Waals surface area contributed by atoms with E-state index in [2.05, 4.69) is 10.5 Å². The Balaban J connectivity index is 1.44. The van der Waals surface area contributed by atoms with Gasteiger partial charge in [-0.3, -0.25) is 4.79 Å². The largest absolute Gasteiger partial charge is 0.507 e.